The third kappa shape index (κ3) is 5.08. The van der Waals surface area contributed by atoms with E-state index >= 15 is 0 Å². The van der Waals surface area contributed by atoms with Gasteiger partial charge in [0.1, 0.15) is 11.9 Å². The number of hydrogen-bond acceptors (Lipinski definition) is 3. The van der Waals surface area contributed by atoms with Crippen LogP contribution in [0.1, 0.15) is 36.5 Å². The van der Waals surface area contributed by atoms with Crippen LogP contribution in [0, 0.1) is 0 Å². The fourth-order valence-corrected chi connectivity index (χ4v) is 4.63. The van der Waals surface area contributed by atoms with Gasteiger partial charge in [-0.05, 0) is 69.1 Å². The molecule has 0 atom stereocenters. The Hall–Kier alpha value is -1.82. The van der Waals surface area contributed by atoms with Crippen molar-refractivity contribution in [2.24, 2.45) is 0 Å². The van der Waals surface area contributed by atoms with Gasteiger partial charge in [-0.1, -0.05) is 33.6 Å². The normalized spacial score (nSPS) is 15.6. The molecule has 0 N–H and O–H groups in total. The summed E-state index contributed by atoms with van der Waals surface area (Å²) < 4.78 is 9.34. The highest BCUT2D eigenvalue weighted by Gasteiger charge is 2.20. The van der Waals surface area contributed by atoms with Crippen molar-refractivity contribution in [3.8, 4) is 5.75 Å². The van der Waals surface area contributed by atoms with E-state index in [1.165, 1.54) is 0 Å². The van der Waals surface area contributed by atoms with E-state index in [4.69, 9.17) is 16.3 Å². The van der Waals surface area contributed by atoms with Gasteiger partial charge >= 0.3 is 0 Å². The molecule has 1 aliphatic heterocycles. The Labute approximate surface area is 190 Å². The number of rotatable bonds is 7. The van der Waals surface area contributed by atoms with Crippen LogP contribution in [0.4, 0.5) is 0 Å². The maximum Gasteiger partial charge on any atom is 0.161 e. The second-order valence-corrected chi connectivity index (χ2v) is 9.27. The van der Waals surface area contributed by atoms with E-state index in [0.29, 0.717) is 0 Å². The summed E-state index contributed by atoms with van der Waals surface area (Å²) in [7, 11) is 0. The summed E-state index contributed by atoms with van der Waals surface area (Å²) in [5, 5.41) is 1.77. The van der Waals surface area contributed by atoms with Crippen LogP contribution < -0.4 is 4.74 Å². The Morgan fingerprint density at radius 3 is 2.57 bits per heavy atom. The molecule has 0 aliphatic carbocycles. The van der Waals surface area contributed by atoms with Gasteiger partial charge in [-0.25, -0.2) is 0 Å². The van der Waals surface area contributed by atoms with Crippen LogP contribution in [0.2, 0.25) is 5.02 Å². The number of piperidine rings is 1. The Morgan fingerprint density at radius 2 is 1.87 bits per heavy atom. The number of ketones is 1. The van der Waals surface area contributed by atoms with Gasteiger partial charge in [0.05, 0.1) is 0 Å². The van der Waals surface area contributed by atoms with Gasteiger partial charge in [0.2, 0.25) is 0 Å². The van der Waals surface area contributed by atoms with E-state index in [1.54, 1.807) is 6.92 Å². The third-order valence-corrected chi connectivity index (χ3v) is 6.49. The molecule has 0 saturated carbocycles. The average molecular weight is 490 g/mol. The first kappa shape index (κ1) is 21.4. The molecule has 1 aromatic heterocycles. The average Bonchev–Trinajstić information content (AvgIpc) is 3.09. The number of likely N-dealkylation sites (tertiary alicyclic amines) is 1. The Morgan fingerprint density at radius 1 is 1.13 bits per heavy atom. The summed E-state index contributed by atoms with van der Waals surface area (Å²) in [6.07, 6.45) is 5.40. The summed E-state index contributed by atoms with van der Waals surface area (Å²) in [5.41, 5.74) is 1.92. The van der Waals surface area contributed by atoms with Crippen molar-refractivity contribution < 1.29 is 9.53 Å². The summed E-state index contributed by atoms with van der Waals surface area (Å²) in [6.45, 7) is 5.69. The van der Waals surface area contributed by atoms with Crippen molar-refractivity contribution in [3.63, 3.8) is 0 Å². The van der Waals surface area contributed by atoms with Gasteiger partial charge in [-0.2, -0.15) is 0 Å². The first-order valence-corrected chi connectivity index (χ1v) is 11.6. The second-order valence-electron chi connectivity index (χ2n) is 7.92. The first-order chi connectivity index (χ1) is 14.5. The van der Waals surface area contributed by atoms with Crippen molar-refractivity contribution in [2.75, 3.05) is 19.6 Å². The van der Waals surface area contributed by atoms with Crippen LogP contribution in [-0.4, -0.2) is 41.0 Å². The van der Waals surface area contributed by atoms with Crippen molar-refractivity contribution in [3.05, 3.63) is 63.7 Å². The van der Waals surface area contributed by atoms with Crippen molar-refractivity contribution in [2.45, 2.75) is 38.8 Å². The number of ether oxygens (including phenoxy) is 1. The fourth-order valence-electron chi connectivity index (χ4n) is 4.15. The molecule has 30 heavy (non-hydrogen) atoms. The van der Waals surface area contributed by atoms with Gasteiger partial charge in [0.25, 0.3) is 0 Å². The highest BCUT2D eigenvalue weighted by Crippen LogP contribution is 2.26. The van der Waals surface area contributed by atoms with E-state index in [-0.39, 0.29) is 11.9 Å². The highest BCUT2D eigenvalue weighted by atomic mass is 79.9. The molecule has 0 bridgehead atoms. The topological polar surface area (TPSA) is 34.5 Å². The number of carbonyl (C=O) groups excluding carboxylic acids is 1. The largest absolute Gasteiger partial charge is 0.490 e. The lowest BCUT2D eigenvalue weighted by molar-refractivity contribution is 0.0993. The highest BCUT2D eigenvalue weighted by molar-refractivity contribution is 9.10. The molecule has 0 amide bonds. The molecule has 4 rings (SSSR count). The number of benzene rings is 2. The number of nitrogens with zero attached hydrogens (tertiary/aromatic N) is 2. The monoisotopic (exact) mass is 488 g/mol. The van der Waals surface area contributed by atoms with Crippen LogP contribution in [0.25, 0.3) is 10.9 Å². The Bertz CT molecular complexity index is 1020. The quantitative estimate of drug-likeness (QED) is 0.371. The van der Waals surface area contributed by atoms with Gasteiger partial charge in [0, 0.05) is 51.8 Å². The van der Waals surface area contributed by atoms with E-state index in [2.05, 4.69) is 31.5 Å². The predicted octanol–water partition coefficient (Wildman–Crippen LogP) is 6.19. The Kier molecular flexibility index (Phi) is 6.81. The molecule has 1 fully saturated rings. The molecule has 1 aliphatic rings. The van der Waals surface area contributed by atoms with E-state index in [9.17, 15) is 4.79 Å². The fraction of sp³-hybridized carbons (Fsp3) is 0.375. The van der Waals surface area contributed by atoms with E-state index < -0.39 is 0 Å². The minimum absolute atomic E-state index is 0.115. The SMILES string of the molecule is CC(=O)c1cn(CCCN2CCC(Oc3ccc(Cl)cc3)CC2)c2cc(Br)ccc12. The van der Waals surface area contributed by atoms with Crippen LogP contribution in [-0.2, 0) is 6.54 Å². The lowest BCUT2D eigenvalue weighted by atomic mass is 10.1. The maximum absolute atomic E-state index is 12.0. The number of Topliss-reactive ketones (excluding diaryl/α,β-unsaturated/α-hetero) is 1. The summed E-state index contributed by atoms with van der Waals surface area (Å²) in [5.74, 6) is 1.01. The molecule has 0 radical (unpaired) electrons. The zero-order valence-corrected chi connectivity index (χ0v) is 19.5. The summed E-state index contributed by atoms with van der Waals surface area (Å²) in [4.78, 5) is 14.5. The van der Waals surface area contributed by atoms with E-state index in [0.717, 1.165) is 77.2 Å². The van der Waals surface area contributed by atoms with Crippen LogP contribution in [0.3, 0.4) is 0 Å². The predicted molar refractivity (Wildman–Crippen MR) is 126 cm³/mol. The van der Waals surface area contributed by atoms with Gasteiger partial charge in [-0.3, -0.25) is 4.79 Å². The zero-order chi connectivity index (χ0) is 21.1. The lowest BCUT2D eigenvalue weighted by Crippen LogP contribution is -2.38. The van der Waals surface area contributed by atoms with E-state index in [1.807, 2.05) is 42.6 Å². The number of aryl methyl sites for hydroxylation is 1. The van der Waals surface area contributed by atoms with Crippen LogP contribution in [0.15, 0.2) is 53.1 Å². The Balaban J connectivity index is 1.29. The van der Waals surface area contributed by atoms with Crippen molar-refractivity contribution >= 4 is 44.2 Å². The molecular formula is C24H26BrClN2O2. The molecule has 0 spiro atoms. The molecular weight excluding hydrogens is 464 g/mol. The zero-order valence-electron chi connectivity index (χ0n) is 17.1. The van der Waals surface area contributed by atoms with Crippen LogP contribution >= 0.6 is 27.5 Å². The minimum Gasteiger partial charge on any atom is -0.490 e. The molecule has 0 unspecified atom stereocenters. The molecule has 158 valence electrons. The number of fused-ring (bicyclic) bond motifs is 1. The van der Waals surface area contributed by atoms with Gasteiger partial charge in [-0.15, -0.1) is 0 Å². The van der Waals surface area contributed by atoms with Crippen molar-refractivity contribution in [1.82, 2.24) is 9.47 Å². The molecule has 1 saturated heterocycles. The molecule has 2 aromatic carbocycles. The minimum atomic E-state index is 0.115. The summed E-state index contributed by atoms with van der Waals surface area (Å²) in [6, 6.07) is 13.7. The van der Waals surface area contributed by atoms with Gasteiger partial charge < -0.3 is 14.2 Å². The number of halogens is 2. The van der Waals surface area contributed by atoms with Crippen LogP contribution in [0.5, 0.6) is 5.75 Å². The smallest absolute Gasteiger partial charge is 0.161 e. The number of carbonyl (C=O) groups is 1. The van der Waals surface area contributed by atoms with Crippen molar-refractivity contribution in [1.29, 1.82) is 0 Å². The second kappa shape index (κ2) is 9.54. The third-order valence-electron chi connectivity index (χ3n) is 5.75. The molecule has 6 heteroatoms. The summed E-state index contributed by atoms with van der Waals surface area (Å²) >= 11 is 9.49. The molecule has 4 nitrogen and oxygen atoms in total. The lowest BCUT2D eigenvalue weighted by Gasteiger charge is -2.32. The maximum atomic E-state index is 12.0. The first-order valence-electron chi connectivity index (χ1n) is 10.4. The number of hydrogen-bond donors (Lipinski definition) is 0. The molecule has 2 heterocycles. The number of aromatic nitrogens is 1. The standard InChI is InChI=1S/C24H26BrClN2O2/c1-17(29)23-16-28(24-15-18(25)3-8-22(23)24)12-2-11-27-13-9-21(10-14-27)30-20-6-4-19(26)5-7-20/h3-8,15-16,21H,2,9-14H2,1H3. The molecule has 3 aromatic rings. The van der Waals surface area contributed by atoms with Gasteiger partial charge in [0.15, 0.2) is 5.78 Å².